The number of rotatable bonds is 6. The SMILES string of the molecule is c1ccc(N(c2ccc(-c3ccc4c(c3)Oc3ccccc3[Si]43c4ccccc4[Si](c4ccccc4)(c4ccccc4)c4ccccc43)cc2)c2cc3ccccc3c3ccccc23)cc1. The van der Waals surface area contributed by atoms with Crippen LogP contribution in [-0.4, -0.2) is 16.1 Å². The van der Waals surface area contributed by atoms with Crippen molar-refractivity contribution >= 4 is 96.2 Å². The number of hydrogen-bond donors (Lipinski definition) is 0. The van der Waals surface area contributed by atoms with Gasteiger partial charge in [-0.2, -0.15) is 0 Å². The Morgan fingerprint density at radius 2 is 0.742 bits per heavy atom. The molecular formula is C62H43NOSi2. The second-order valence-electron chi connectivity index (χ2n) is 17.5. The lowest BCUT2D eigenvalue weighted by Gasteiger charge is -2.50. The van der Waals surface area contributed by atoms with E-state index in [1.807, 2.05) is 0 Å². The minimum absolute atomic E-state index is 0.939. The first kappa shape index (κ1) is 38.4. The Morgan fingerprint density at radius 1 is 0.288 bits per heavy atom. The molecule has 2 aliphatic rings. The minimum Gasteiger partial charge on any atom is -0.458 e. The van der Waals surface area contributed by atoms with E-state index in [9.17, 15) is 0 Å². The van der Waals surface area contributed by atoms with Gasteiger partial charge in [0.05, 0.1) is 5.69 Å². The summed E-state index contributed by atoms with van der Waals surface area (Å²) in [6.07, 6.45) is 0. The van der Waals surface area contributed by atoms with Gasteiger partial charge in [0.25, 0.3) is 0 Å². The van der Waals surface area contributed by atoms with Crippen LogP contribution in [-0.2, 0) is 0 Å². The number of ether oxygens (including phenoxy) is 1. The van der Waals surface area contributed by atoms with Crippen molar-refractivity contribution < 1.29 is 4.74 Å². The van der Waals surface area contributed by atoms with Gasteiger partial charge in [-0.25, -0.2) is 0 Å². The van der Waals surface area contributed by atoms with Crippen molar-refractivity contribution in [1.82, 2.24) is 0 Å². The molecule has 0 aromatic heterocycles. The van der Waals surface area contributed by atoms with Crippen LogP contribution in [0.15, 0.2) is 261 Å². The number of hydrogen-bond acceptors (Lipinski definition) is 2. The Morgan fingerprint density at radius 3 is 1.38 bits per heavy atom. The average molecular weight is 874 g/mol. The van der Waals surface area contributed by atoms with Gasteiger partial charge < -0.3 is 9.64 Å². The summed E-state index contributed by atoms with van der Waals surface area (Å²) in [5.41, 5.74) is 5.63. The van der Waals surface area contributed by atoms with Gasteiger partial charge in [0.2, 0.25) is 0 Å². The summed E-state index contributed by atoms with van der Waals surface area (Å²) in [6.45, 7) is 0. The molecule has 0 fully saturated rings. The van der Waals surface area contributed by atoms with Crippen molar-refractivity contribution in [3.05, 3.63) is 261 Å². The van der Waals surface area contributed by atoms with Crippen molar-refractivity contribution in [1.29, 1.82) is 0 Å². The van der Waals surface area contributed by atoms with E-state index in [0.29, 0.717) is 0 Å². The monoisotopic (exact) mass is 873 g/mol. The molecule has 0 aliphatic carbocycles. The highest BCUT2D eigenvalue weighted by Crippen LogP contribution is 2.43. The molecule has 0 N–H and O–H groups in total. The van der Waals surface area contributed by atoms with Crippen LogP contribution >= 0.6 is 0 Å². The summed E-state index contributed by atoms with van der Waals surface area (Å²) in [7, 11) is -5.76. The summed E-state index contributed by atoms with van der Waals surface area (Å²) >= 11 is 0. The van der Waals surface area contributed by atoms with Crippen molar-refractivity contribution in [2.24, 2.45) is 0 Å². The van der Waals surface area contributed by atoms with Gasteiger partial charge in [-0.1, -0.05) is 218 Å². The quantitative estimate of drug-likeness (QED) is 0.122. The van der Waals surface area contributed by atoms with Crippen molar-refractivity contribution in [2.45, 2.75) is 0 Å². The third-order valence-electron chi connectivity index (χ3n) is 14.2. The lowest BCUT2D eigenvalue weighted by Crippen LogP contribution is -2.93. The van der Waals surface area contributed by atoms with Gasteiger partial charge in [-0.05, 0) is 111 Å². The van der Waals surface area contributed by atoms with Gasteiger partial charge in [0.15, 0.2) is 16.1 Å². The Bertz CT molecular complexity index is 3540. The normalized spacial score (nSPS) is 13.8. The summed E-state index contributed by atoms with van der Waals surface area (Å²) in [6, 6.07) is 97.1. The molecule has 0 bridgehead atoms. The maximum atomic E-state index is 7.11. The zero-order valence-corrected chi connectivity index (χ0v) is 38.2. The molecule has 11 aromatic rings. The first-order chi connectivity index (χ1) is 32.7. The standard InChI is InChI=1S/C62H43NOSi2/c1-4-21-47(22-5-1)63(54-42-46-20-10-11-27-51(46)52-28-12-13-29-53(52)54)48-39-36-44(37-40-48)45-38-41-58-56(43-45)64-55-30-14-15-31-57(55)66(58)61-34-18-16-32-59(61)65(49-23-6-2-7-24-49,50-25-8-3-9-26-50)60-33-17-19-35-62(60)66/h1-43H. The maximum absolute atomic E-state index is 7.11. The topological polar surface area (TPSA) is 12.5 Å². The van der Waals surface area contributed by atoms with E-state index in [-0.39, 0.29) is 0 Å². The first-order valence-electron chi connectivity index (χ1n) is 22.8. The lowest BCUT2D eigenvalue weighted by atomic mass is 9.98. The van der Waals surface area contributed by atoms with Gasteiger partial charge in [0, 0.05) is 16.8 Å². The first-order valence-corrected chi connectivity index (χ1v) is 26.8. The van der Waals surface area contributed by atoms with Crippen LogP contribution in [0.4, 0.5) is 17.1 Å². The maximum Gasteiger partial charge on any atom is 0.188 e. The number of para-hydroxylation sites is 2. The van der Waals surface area contributed by atoms with Crippen LogP contribution < -0.4 is 51.1 Å². The van der Waals surface area contributed by atoms with Gasteiger partial charge in [-0.3, -0.25) is 0 Å². The summed E-state index contributed by atoms with van der Waals surface area (Å²) in [5.74, 6) is 1.89. The lowest BCUT2D eigenvalue weighted by molar-refractivity contribution is 0.487. The molecule has 11 aromatic carbocycles. The van der Waals surface area contributed by atoms with Gasteiger partial charge in [-0.15, -0.1) is 0 Å². The van der Waals surface area contributed by atoms with E-state index < -0.39 is 16.1 Å². The molecule has 310 valence electrons. The van der Waals surface area contributed by atoms with E-state index >= 15 is 0 Å². The molecule has 0 amide bonds. The highest BCUT2D eigenvalue weighted by atomic mass is 28.3. The van der Waals surface area contributed by atoms with Crippen LogP contribution in [0, 0.1) is 0 Å². The molecule has 13 rings (SSSR count). The Balaban J connectivity index is 0.990. The van der Waals surface area contributed by atoms with Crippen LogP contribution in [0.25, 0.3) is 32.7 Å². The van der Waals surface area contributed by atoms with Crippen molar-refractivity contribution in [2.75, 3.05) is 4.90 Å². The molecule has 66 heavy (non-hydrogen) atoms. The van der Waals surface area contributed by atoms with Crippen LogP contribution in [0.2, 0.25) is 0 Å². The van der Waals surface area contributed by atoms with Crippen molar-refractivity contribution in [3.8, 4) is 22.6 Å². The van der Waals surface area contributed by atoms with E-state index in [0.717, 1.165) is 39.7 Å². The van der Waals surface area contributed by atoms with E-state index in [4.69, 9.17) is 4.74 Å². The molecule has 0 atom stereocenters. The molecule has 0 unspecified atom stereocenters. The number of benzene rings is 11. The molecule has 1 spiro atoms. The van der Waals surface area contributed by atoms with E-state index in [1.165, 1.54) is 63.0 Å². The summed E-state index contributed by atoms with van der Waals surface area (Å²) < 4.78 is 7.11. The van der Waals surface area contributed by atoms with Crippen molar-refractivity contribution in [3.63, 3.8) is 0 Å². The highest BCUT2D eigenvalue weighted by molar-refractivity contribution is 7.33. The zero-order valence-electron chi connectivity index (χ0n) is 36.2. The highest BCUT2D eigenvalue weighted by Gasteiger charge is 2.58. The molecular weight excluding hydrogens is 831 g/mol. The molecule has 2 heterocycles. The van der Waals surface area contributed by atoms with Gasteiger partial charge >= 0.3 is 0 Å². The van der Waals surface area contributed by atoms with E-state index in [2.05, 4.69) is 266 Å². The van der Waals surface area contributed by atoms with Gasteiger partial charge in [0.1, 0.15) is 11.5 Å². The largest absolute Gasteiger partial charge is 0.458 e. The van der Waals surface area contributed by atoms with E-state index in [1.54, 1.807) is 0 Å². The Kier molecular flexibility index (Phi) is 8.92. The Labute approximate surface area is 387 Å². The predicted molar refractivity (Wildman–Crippen MR) is 282 cm³/mol. The van der Waals surface area contributed by atoms with Crippen LogP contribution in [0.1, 0.15) is 0 Å². The molecule has 4 heteroatoms. The third kappa shape index (κ3) is 5.59. The molecule has 0 saturated heterocycles. The average Bonchev–Trinajstić information content (AvgIpc) is 3.40. The second kappa shape index (κ2) is 15.3. The van der Waals surface area contributed by atoms with Crippen LogP contribution in [0.3, 0.4) is 0 Å². The number of fused-ring (bicyclic) bond motifs is 11. The summed E-state index contributed by atoms with van der Waals surface area (Å²) in [5, 5.41) is 16.2. The number of nitrogens with zero attached hydrogens (tertiary/aromatic N) is 1. The summed E-state index contributed by atoms with van der Waals surface area (Å²) in [4.78, 5) is 2.40. The number of anilines is 3. The fourth-order valence-corrected chi connectivity index (χ4v) is 23.8. The molecule has 0 saturated carbocycles. The minimum atomic E-state index is -2.97. The second-order valence-corrected chi connectivity index (χ2v) is 24.9. The fraction of sp³-hybridized carbons (Fsp3) is 0. The Hall–Kier alpha value is -8.03. The molecule has 0 radical (unpaired) electrons. The van der Waals surface area contributed by atoms with Crippen LogP contribution in [0.5, 0.6) is 11.5 Å². The smallest absolute Gasteiger partial charge is 0.188 e. The third-order valence-corrected chi connectivity index (χ3v) is 24.6. The predicted octanol–water partition coefficient (Wildman–Crippen LogP) is 10.3. The molecule has 2 aliphatic heterocycles. The fourth-order valence-electron chi connectivity index (χ4n) is 11.6. The molecule has 2 nitrogen and oxygen atoms in total. The zero-order chi connectivity index (χ0) is 43.7.